The van der Waals surface area contributed by atoms with Gasteiger partial charge in [0.25, 0.3) is 17.5 Å². The minimum Gasteiger partial charge on any atom is -0.475 e. The fraction of sp³-hybridized carbons (Fsp3) is 0.0833. The fourth-order valence-electron chi connectivity index (χ4n) is 4.03. The molecule has 7 heteroatoms. The number of fused-ring (bicyclic) bond motifs is 2. The first kappa shape index (κ1) is 20.0. The third-order valence-electron chi connectivity index (χ3n) is 5.45. The molecular formula is C24H18N2O5. The van der Waals surface area contributed by atoms with Crippen LogP contribution in [0.4, 0.5) is 0 Å². The largest absolute Gasteiger partial charge is 0.475 e. The molecule has 1 amide bonds. The van der Waals surface area contributed by atoms with E-state index in [1.807, 2.05) is 42.5 Å². The number of carbonyl (C=O) groups excluding carboxylic acids is 3. The lowest BCUT2D eigenvalue weighted by atomic mass is 9.99. The molecule has 0 radical (unpaired) electrons. The van der Waals surface area contributed by atoms with Crippen LogP contribution >= 0.6 is 0 Å². The van der Waals surface area contributed by atoms with Crippen LogP contribution in [0.15, 0.2) is 60.7 Å². The lowest BCUT2D eigenvalue weighted by Crippen LogP contribution is -2.24. The maximum Gasteiger partial charge on any atom is 0.377 e. The van der Waals surface area contributed by atoms with Gasteiger partial charge in [0.15, 0.2) is 0 Å². The summed E-state index contributed by atoms with van der Waals surface area (Å²) in [6.45, 7) is 2.00. The molecule has 0 atom stereocenters. The van der Waals surface area contributed by atoms with Gasteiger partial charge in [-0.25, -0.2) is 4.79 Å². The first-order valence-corrected chi connectivity index (χ1v) is 9.51. The number of hydrogen-bond acceptors (Lipinski definition) is 4. The summed E-state index contributed by atoms with van der Waals surface area (Å²) in [7, 11) is 0. The molecule has 1 aromatic heterocycles. The summed E-state index contributed by atoms with van der Waals surface area (Å²) in [4.78, 5) is 48.0. The van der Waals surface area contributed by atoms with Crippen molar-refractivity contribution < 1.29 is 24.3 Å². The van der Waals surface area contributed by atoms with Gasteiger partial charge in [-0.2, -0.15) is 0 Å². The van der Waals surface area contributed by atoms with Crippen molar-refractivity contribution in [3.8, 4) is 0 Å². The maximum atomic E-state index is 12.7. The summed E-state index contributed by atoms with van der Waals surface area (Å²) in [5, 5.41) is 11.4. The summed E-state index contributed by atoms with van der Waals surface area (Å²) in [5.41, 5.74) is 6.91. The number of hydrogen-bond donors (Lipinski definition) is 2. The number of carboxylic acids is 1. The van der Waals surface area contributed by atoms with Crippen LogP contribution in [-0.4, -0.2) is 33.1 Å². The average Bonchev–Trinajstić information content (AvgIpc) is 3.04. The Bertz CT molecular complexity index is 1410. The summed E-state index contributed by atoms with van der Waals surface area (Å²) in [6, 6.07) is 18.3. The van der Waals surface area contributed by atoms with Crippen molar-refractivity contribution in [2.45, 2.75) is 13.5 Å². The minimum absolute atomic E-state index is 0.0482. The average molecular weight is 414 g/mol. The molecule has 4 aromatic rings. The van der Waals surface area contributed by atoms with Crippen molar-refractivity contribution >= 4 is 45.1 Å². The van der Waals surface area contributed by atoms with Crippen molar-refractivity contribution in [3.05, 3.63) is 83.0 Å². The summed E-state index contributed by atoms with van der Waals surface area (Å²) >= 11 is 0. The Balaban J connectivity index is 2.02. The van der Waals surface area contributed by atoms with Gasteiger partial charge in [-0.1, -0.05) is 48.5 Å². The highest BCUT2D eigenvalue weighted by molar-refractivity contribution is 6.47. The number of primary amides is 1. The van der Waals surface area contributed by atoms with Gasteiger partial charge < -0.3 is 15.4 Å². The second-order valence-electron chi connectivity index (χ2n) is 7.21. The SMILES string of the molecule is Cc1c(C(=O)C(N)=O)c2c(C(=O)C(=O)O)cccc2n1Cc1cccc2ccccc12. The van der Waals surface area contributed by atoms with Crippen LogP contribution in [0, 0.1) is 6.92 Å². The van der Waals surface area contributed by atoms with E-state index in [1.165, 1.54) is 6.07 Å². The highest BCUT2D eigenvalue weighted by Crippen LogP contribution is 2.32. The number of ketones is 2. The lowest BCUT2D eigenvalue weighted by Gasteiger charge is -2.12. The fourth-order valence-corrected chi connectivity index (χ4v) is 4.03. The zero-order valence-corrected chi connectivity index (χ0v) is 16.6. The molecular weight excluding hydrogens is 396 g/mol. The normalized spacial score (nSPS) is 11.0. The Kier molecular flexibility index (Phi) is 4.87. The molecule has 0 saturated heterocycles. The number of aromatic nitrogens is 1. The van der Waals surface area contributed by atoms with E-state index in [2.05, 4.69) is 0 Å². The molecule has 0 saturated carbocycles. The van der Waals surface area contributed by atoms with Crippen LogP contribution in [0.2, 0.25) is 0 Å². The Labute approximate surface area is 176 Å². The van der Waals surface area contributed by atoms with E-state index in [9.17, 15) is 24.3 Å². The number of aliphatic carboxylic acids is 1. The second-order valence-corrected chi connectivity index (χ2v) is 7.21. The van der Waals surface area contributed by atoms with E-state index in [1.54, 1.807) is 23.6 Å². The topological polar surface area (TPSA) is 119 Å². The van der Waals surface area contributed by atoms with Gasteiger partial charge in [0, 0.05) is 23.2 Å². The lowest BCUT2D eigenvalue weighted by molar-refractivity contribution is -0.131. The Hall–Kier alpha value is -4.26. The summed E-state index contributed by atoms with van der Waals surface area (Å²) in [5.74, 6) is -4.95. The van der Waals surface area contributed by atoms with E-state index in [4.69, 9.17) is 5.73 Å². The molecule has 0 fully saturated rings. The van der Waals surface area contributed by atoms with Gasteiger partial charge >= 0.3 is 5.97 Å². The number of Topliss-reactive ketones (excluding diaryl/α,β-unsaturated/α-hetero) is 2. The predicted octanol–water partition coefficient (Wildman–Crippen LogP) is 3.09. The molecule has 31 heavy (non-hydrogen) atoms. The monoisotopic (exact) mass is 414 g/mol. The first-order chi connectivity index (χ1) is 14.8. The number of carbonyl (C=O) groups is 4. The highest BCUT2D eigenvalue weighted by atomic mass is 16.4. The molecule has 4 rings (SSSR count). The van der Waals surface area contributed by atoms with E-state index in [0.717, 1.165) is 16.3 Å². The molecule has 0 bridgehead atoms. The molecule has 0 aliphatic rings. The molecule has 0 aliphatic carbocycles. The van der Waals surface area contributed by atoms with Gasteiger partial charge in [-0.15, -0.1) is 0 Å². The van der Waals surface area contributed by atoms with E-state index in [-0.39, 0.29) is 16.5 Å². The van der Waals surface area contributed by atoms with Crippen LogP contribution in [0.25, 0.3) is 21.7 Å². The molecule has 7 nitrogen and oxygen atoms in total. The zero-order valence-electron chi connectivity index (χ0n) is 16.6. The highest BCUT2D eigenvalue weighted by Gasteiger charge is 2.28. The van der Waals surface area contributed by atoms with Gasteiger partial charge in [-0.05, 0) is 35.4 Å². The van der Waals surface area contributed by atoms with Gasteiger partial charge in [0.2, 0.25) is 0 Å². The zero-order chi connectivity index (χ0) is 22.3. The molecule has 0 aliphatic heterocycles. The number of nitrogens with two attached hydrogens (primary N) is 1. The van der Waals surface area contributed by atoms with E-state index >= 15 is 0 Å². The predicted molar refractivity (Wildman–Crippen MR) is 115 cm³/mol. The molecule has 3 aromatic carbocycles. The van der Waals surface area contributed by atoms with Crippen molar-refractivity contribution in [1.29, 1.82) is 0 Å². The van der Waals surface area contributed by atoms with Crippen LogP contribution < -0.4 is 5.73 Å². The Morgan fingerprint density at radius 2 is 1.58 bits per heavy atom. The van der Waals surface area contributed by atoms with Crippen LogP contribution in [0.1, 0.15) is 32.0 Å². The number of nitrogens with zero attached hydrogens (tertiary/aromatic N) is 1. The minimum atomic E-state index is -1.65. The third-order valence-corrected chi connectivity index (χ3v) is 5.45. The smallest absolute Gasteiger partial charge is 0.377 e. The Morgan fingerprint density at radius 3 is 2.29 bits per heavy atom. The standard InChI is InChI=1S/C24H18N2O5/c1-13-19(22(28)23(25)29)20-17(21(27)24(30)31)10-5-11-18(20)26(13)12-15-8-4-7-14-6-2-3-9-16(14)15/h2-11H,12H2,1H3,(H2,25,29)(H,30,31). The number of rotatable bonds is 6. The van der Waals surface area contributed by atoms with E-state index in [0.29, 0.717) is 17.8 Å². The molecule has 0 spiro atoms. The van der Waals surface area contributed by atoms with Crippen molar-refractivity contribution in [2.75, 3.05) is 0 Å². The van der Waals surface area contributed by atoms with Crippen molar-refractivity contribution in [2.24, 2.45) is 5.73 Å². The number of amides is 1. The molecule has 1 heterocycles. The van der Waals surface area contributed by atoms with Crippen LogP contribution in [0.3, 0.4) is 0 Å². The second kappa shape index (κ2) is 7.53. The van der Waals surface area contributed by atoms with Gasteiger partial charge in [-0.3, -0.25) is 14.4 Å². The molecule has 0 unspecified atom stereocenters. The van der Waals surface area contributed by atoms with E-state index < -0.39 is 23.4 Å². The van der Waals surface area contributed by atoms with Crippen molar-refractivity contribution in [1.82, 2.24) is 4.57 Å². The summed E-state index contributed by atoms with van der Waals surface area (Å²) in [6.07, 6.45) is 0. The Morgan fingerprint density at radius 1 is 0.903 bits per heavy atom. The number of benzene rings is 3. The molecule has 154 valence electrons. The number of carboxylic acid groups (broad SMARTS) is 1. The van der Waals surface area contributed by atoms with Crippen LogP contribution in [0.5, 0.6) is 0 Å². The summed E-state index contributed by atoms with van der Waals surface area (Å²) < 4.78 is 1.80. The van der Waals surface area contributed by atoms with Crippen LogP contribution in [-0.2, 0) is 16.1 Å². The molecule has 3 N–H and O–H groups in total. The first-order valence-electron chi connectivity index (χ1n) is 9.51. The third kappa shape index (κ3) is 3.26. The van der Waals surface area contributed by atoms with Crippen molar-refractivity contribution in [3.63, 3.8) is 0 Å². The van der Waals surface area contributed by atoms with Gasteiger partial charge in [0.05, 0.1) is 11.1 Å². The van der Waals surface area contributed by atoms with Gasteiger partial charge in [0.1, 0.15) is 0 Å². The maximum absolute atomic E-state index is 12.7. The quantitative estimate of drug-likeness (QED) is 0.371.